The van der Waals surface area contributed by atoms with Crippen LogP contribution in [0.3, 0.4) is 0 Å². The first-order valence-electron chi connectivity index (χ1n) is 10.3. The molecule has 3 N–H and O–H groups in total. The SMILES string of the molecule is CC(C)[C@@H](NC(=O)Cc1nn[nH]n1)C(=O)N1CC[C@](O)(c2ccc(Cl)cc2)C(C)(C)C1. The van der Waals surface area contributed by atoms with Crippen LogP contribution in [-0.2, 0) is 21.6 Å². The summed E-state index contributed by atoms with van der Waals surface area (Å²) in [6.45, 7) is 8.40. The van der Waals surface area contributed by atoms with E-state index in [1.807, 2.05) is 39.8 Å². The fraction of sp³-hybridized carbons (Fsp3) is 0.571. The molecule has 1 saturated heterocycles. The van der Waals surface area contributed by atoms with Gasteiger partial charge in [0.25, 0.3) is 0 Å². The number of aromatic nitrogens is 4. The summed E-state index contributed by atoms with van der Waals surface area (Å²) in [5, 5.41) is 28.2. The number of aliphatic hydroxyl groups is 1. The Morgan fingerprint density at radius 2 is 1.97 bits per heavy atom. The molecule has 2 amide bonds. The molecule has 2 aromatic rings. The maximum atomic E-state index is 13.3. The number of likely N-dealkylation sites (tertiary alicyclic amines) is 1. The Hall–Kier alpha value is -2.52. The van der Waals surface area contributed by atoms with Crippen molar-refractivity contribution in [2.45, 2.75) is 52.2 Å². The van der Waals surface area contributed by atoms with Crippen molar-refractivity contribution in [3.63, 3.8) is 0 Å². The van der Waals surface area contributed by atoms with Gasteiger partial charge in [0.2, 0.25) is 11.8 Å². The lowest BCUT2D eigenvalue weighted by atomic mass is 9.66. The number of piperidine rings is 1. The Morgan fingerprint density at radius 3 is 2.52 bits per heavy atom. The van der Waals surface area contributed by atoms with E-state index in [0.29, 0.717) is 24.5 Å². The molecule has 0 saturated carbocycles. The number of hydrogen-bond donors (Lipinski definition) is 3. The van der Waals surface area contributed by atoms with Crippen LogP contribution in [0.2, 0.25) is 5.02 Å². The van der Waals surface area contributed by atoms with Crippen molar-refractivity contribution < 1.29 is 14.7 Å². The number of rotatable bonds is 6. The lowest BCUT2D eigenvalue weighted by molar-refractivity contribution is -0.156. The van der Waals surface area contributed by atoms with E-state index >= 15 is 0 Å². The monoisotopic (exact) mass is 448 g/mol. The van der Waals surface area contributed by atoms with Crippen LogP contribution in [-0.4, -0.2) is 61.6 Å². The topological polar surface area (TPSA) is 124 Å². The van der Waals surface area contributed by atoms with Crippen LogP contribution in [0.25, 0.3) is 0 Å². The van der Waals surface area contributed by atoms with E-state index in [-0.39, 0.29) is 30.0 Å². The summed E-state index contributed by atoms with van der Waals surface area (Å²) in [6, 6.07) is 6.50. The van der Waals surface area contributed by atoms with E-state index in [4.69, 9.17) is 11.6 Å². The van der Waals surface area contributed by atoms with Gasteiger partial charge in [0, 0.05) is 23.5 Å². The van der Waals surface area contributed by atoms with Gasteiger partial charge in [0.15, 0.2) is 5.82 Å². The molecule has 1 aliphatic rings. The first kappa shape index (κ1) is 23.1. The summed E-state index contributed by atoms with van der Waals surface area (Å²) < 4.78 is 0. The number of aromatic amines is 1. The van der Waals surface area contributed by atoms with E-state index in [9.17, 15) is 14.7 Å². The van der Waals surface area contributed by atoms with E-state index in [0.717, 1.165) is 5.56 Å². The number of H-pyrrole nitrogens is 1. The lowest BCUT2D eigenvalue weighted by Crippen LogP contribution is -2.60. The van der Waals surface area contributed by atoms with Crippen LogP contribution in [0.1, 0.15) is 45.5 Å². The minimum absolute atomic E-state index is 0.0607. The fourth-order valence-electron chi connectivity index (χ4n) is 4.11. The summed E-state index contributed by atoms with van der Waals surface area (Å²) >= 11 is 6.00. The van der Waals surface area contributed by atoms with Crippen molar-refractivity contribution in [3.8, 4) is 0 Å². The number of nitrogens with zero attached hydrogens (tertiary/aromatic N) is 4. The van der Waals surface area contributed by atoms with Gasteiger partial charge in [-0.25, -0.2) is 0 Å². The van der Waals surface area contributed by atoms with Gasteiger partial charge in [-0.1, -0.05) is 56.6 Å². The predicted octanol–water partition coefficient (Wildman–Crippen LogP) is 1.68. The lowest BCUT2D eigenvalue weighted by Gasteiger charge is -2.51. The van der Waals surface area contributed by atoms with Crippen molar-refractivity contribution in [2.75, 3.05) is 13.1 Å². The van der Waals surface area contributed by atoms with Crippen LogP contribution in [0.15, 0.2) is 24.3 Å². The molecule has 1 fully saturated rings. The maximum Gasteiger partial charge on any atom is 0.245 e. The average Bonchev–Trinajstić information content (AvgIpc) is 3.21. The Balaban J connectivity index is 1.72. The molecule has 2 atom stereocenters. The molecule has 1 aliphatic heterocycles. The molecule has 1 aromatic carbocycles. The van der Waals surface area contributed by atoms with Crippen LogP contribution < -0.4 is 5.32 Å². The molecule has 0 aliphatic carbocycles. The highest BCUT2D eigenvalue weighted by molar-refractivity contribution is 6.30. The van der Waals surface area contributed by atoms with Crippen LogP contribution in [0.4, 0.5) is 0 Å². The fourth-order valence-corrected chi connectivity index (χ4v) is 4.23. The Labute approximate surface area is 186 Å². The molecule has 0 radical (unpaired) electrons. The zero-order valence-electron chi connectivity index (χ0n) is 18.2. The molecule has 9 nitrogen and oxygen atoms in total. The van der Waals surface area contributed by atoms with Gasteiger partial charge in [-0.2, -0.15) is 5.21 Å². The van der Waals surface area contributed by atoms with Crippen LogP contribution in [0.5, 0.6) is 0 Å². The third kappa shape index (κ3) is 4.88. The zero-order chi connectivity index (χ0) is 22.8. The van der Waals surface area contributed by atoms with Crippen molar-refractivity contribution in [2.24, 2.45) is 11.3 Å². The highest BCUT2D eigenvalue weighted by Gasteiger charge is 2.50. The number of nitrogens with one attached hydrogen (secondary N) is 2. The number of carbonyl (C=O) groups is 2. The third-order valence-electron chi connectivity index (χ3n) is 6.04. The number of benzene rings is 1. The van der Waals surface area contributed by atoms with Gasteiger partial charge in [-0.3, -0.25) is 9.59 Å². The molecule has 2 heterocycles. The van der Waals surface area contributed by atoms with E-state index in [1.54, 1.807) is 17.0 Å². The highest BCUT2D eigenvalue weighted by atomic mass is 35.5. The second-order valence-corrected chi connectivity index (χ2v) is 9.49. The molecule has 3 rings (SSSR count). The second-order valence-electron chi connectivity index (χ2n) is 9.05. The zero-order valence-corrected chi connectivity index (χ0v) is 19.0. The van der Waals surface area contributed by atoms with Gasteiger partial charge in [0.05, 0.1) is 12.0 Å². The van der Waals surface area contributed by atoms with Gasteiger partial charge in [-0.05, 0) is 30.0 Å². The summed E-state index contributed by atoms with van der Waals surface area (Å²) in [4.78, 5) is 27.4. The normalized spacial score (nSPS) is 21.7. The first-order chi connectivity index (χ1) is 14.5. The van der Waals surface area contributed by atoms with E-state index in [2.05, 4.69) is 25.9 Å². The van der Waals surface area contributed by atoms with E-state index < -0.39 is 17.1 Å². The minimum Gasteiger partial charge on any atom is -0.384 e. The predicted molar refractivity (Wildman–Crippen MR) is 115 cm³/mol. The number of amides is 2. The molecule has 168 valence electrons. The van der Waals surface area contributed by atoms with Crippen LogP contribution >= 0.6 is 11.6 Å². The van der Waals surface area contributed by atoms with E-state index in [1.165, 1.54) is 0 Å². The highest BCUT2D eigenvalue weighted by Crippen LogP contribution is 2.46. The maximum absolute atomic E-state index is 13.3. The van der Waals surface area contributed by atoms with Crippen molar-refractivity contribution in [3.05, 3.63) is 40.7 Å². The molecule has 0 spiro atoms. The molecular weight excluding hydrogens is 420 g/mol. The van der Waals surface area contributed by atoms with Crippen molar-refractivity contribution in [1.82, 2.24) is 30.8 Å². The summed E-state index contributed by atoms with van der Waals surface area (Å²) in [7, 11) is 0. The quantitative estimate of drug-likeness (QED) is 0.617. The molecule has 10 heteroatoms. The molecule has 1 aromatic heterocycles. The van der Waals surface area contributed by atoms with Crippen molar-refractivity contribution >= 4 is 23.4 Å². The first-order valence-corrected chi connectivity index (χ1v) is 10.7. The largest absolute Gasteiger partial charge is 0.384 e. The standard InChI is InChI=1S/C21H29ClN6O3/c1-13(2)18(23-17(29)11-16-24-26-27-25-16)19(30)28-10-9-21(31,20(3,4)12-28)14-5-7-15(22)8-6-14/h5-8,13,18,31H,9-12H2,1-4H3,(H,23,29)(H,24,25,26,27)/t18-,21+/m1/s1. The second kappa shape index (κ2) is 8.92. The number of carbonyl (C=O) groups excluding carboxylic acids is 2. The van der Waals surface area contributed by atoms with Gasteiger partial charge in [0.1, 0.15) is 6.04 Å². The summed E-state index contributed by atoms with van der Waals surface area (Å²) in [5.41, 5.74) is -0.920. The van der Waals surface area contributed by atoms with Crippen molar-refractivity contribution in [1.29, 1.82) is 0 Å². The minimum atomic E-state index is -1.09. The van der Waals surface area contributed by atoms with Crippen LogP contribution in [0, 0.1) is 11.3 Å². The summed E-state index contributed by atoms with van der Waals surface area (Å²) in [6.07, 6.45) is 0.323. The average molecular weight is 449 g/mol. The molecule has 31 heavy (non-hydrogen) atoms. The Bertz CT molecular complexity index is 916. The third-order valence-corrected chi connectivity index (χ3v) is 6.29. The van der Waals surface area contributed by atoms with Gasteiger partial charge in [-0.15, -0.1) is 10.2 Å². The molecule has 0 unspecified atom stereocenters. The Kier molecular flexibility index (Phi) is 6.66. The molecule has 0 bridgehead atoms. The van der Waals surface area contributed by atoms with Gasteiger partial charge < -0.3 is 15.3 Å². The summed E-state index contributed by atoms with van der Waals surface area (Å²) in [5.74, 6) is -0.355. The smallest absolute Gasteiger partial charge is 0.245 e. The number of halogens is 1. The number of hydrogen-bond acceptors (Lipinski definition) is 6. The molecular formula is C21H29ClN6O3. The Morgan fingerprint density at radius 1 is 1.29 bits per heavy atom. The number of tetrazole rings is 1. The van der Waals surface area contributed by atoms with Gasteiger partial charge >= 0.3 is 0 Å².